The molecule has 0 spiro atoms. The SMILES string of the molecule is Cc1nc(NCc2cccc(F)c2)nc(-n2ccnc2C)c1[N+](=O)[O-]. The summed E-state index contributed by atoms with van der Waals surface area (Å²) >= 11 is 0. The molecule has 0 atom stereocenters. The Balaban J connectivity index is 1.97. The van der Waals surface area contributed by atoms with Crippen LogP contribution >= 0.6 is 0 Å². The van der Waals surface area contributed by atoms with Crippen LogP contribution in [0.1, 0.15) is 17.1 Å². The topological polar surface area (TPSA) is 98.8 Å². The molecule has 0 radical (unpaired) electrons. The minimum absolute atomic E-state index is 0.134. The van der Waals surface area contributed by atoms with E-state index in [0.717, 1.165) is 0 Å². The summed E-state index contributed by atoms with van der Waals surface area (Å²) in [7, 11) is 0. The van der Waals surface area contributed by atoms with Gasteiger partial charge in [0.05, 0.1) is 4.92 Å². The van der Waals surface area contributed by atoms with E-state index >= 15 is 0 Å². The van der Waals surface area contributed by atoms with Crippen molar-refractivity contribution in [2.75, 3.05) is 5.32 Å². The first kappa shape index (κ1) is 16.5. The number of rotatable bonds is 5. The zero-order valence-corrected chi connectivity index (χ0v) is 13.6. The van der Waals surface area contributed by atoms with E-state index in [-0.39, 0.29) is 35.5 Å². The van der Waals surface area contributed by atoms with Gasteiger partial charge in [-0.25, -0.2) is 14.4 Å². The largest absolute Gasteiger partial charge is 0.350 e. The molecule has 3 aromatic rings. The Kier molecular flexibility index (Phi) is 4.38. The zero-order chi connectivity index (χ0) is 18.0. The molecule has 3 rings (SSSR count). The second-order valence-electron chi connectivity index (χ2n) is 5.39. The van der Waals surface area contributed by atoms with Crippen LogP contribution in [-0.2, 0) is 6.54 Å². The Hall–Kier alpha value is -3.36. The van der Waals surface area contributed by atoms with Crippen molar-refractivity contribution in [2.24, 2.45) is 0 Å². The van der Waals surface area contributed by atoms with Gasteiger partial charge >= 0.3 is 5.69 Å². The van der Waals surface area contributed by atoms with E-state index < -0.39 is 4.92 Å². The molecule has 0 aliphatic heterocycles. The predicted molar refractivity (Wildman–Crippen MR) is 89.0 cm³/mol. The van der Waals surface area contributed by atoms with Gasteiger partial charge in [0.25, 0.3) is 0 Å². The Morgan fingerprint density at radius 3 is 2.76 bits per heavy atom. The van der Waals surface area contributed by atoms with E-state index in [1.165, 1.54) is 22.9 Å². The van der Waals surface area contributed by atoms with Crippen LogP contribution in [0.15, 0.2) is 36.7 Å². The first-order valence-electron chi connectivity index (χ1n) is 7.47. The average Bonchev–Trinajstić information content (AvgIpc) is 2.98. The van der Waals surface area contributed by atoms with Crippen molar-refractivity contribution in [1.29, 1.82) is 0 Å². The first-order valence-corrected chi connectivity index (χ1v) is 7.47. The van der Waals surface area contributed by atoms with Crippen LogP contribution in [0.2, 0.25) is 0 Å². The van der Waals surface area contributed by atoms with Gasteiger partial charge in [-0.05, 0) is 31.5 Å². The third kappa shape index (κ3) is 3.44. The van der Waals surface area contributed by atoms with Crippen molar-refractivity contribution < 1.29 is 9.31 Å². The van der Waals surface area contributed by atoms with Crippen LogP contribution < -0.4 is 5.32 Å². The fourth-order valence-electron chi connectivity index (χ4n) is 2.44. The molecule has 2 heterocycles. The smallest absolute Gasteiger partial charge is 0.333 e. The number of benzene rings is 1. The van der Waals surface area contributed by atoms with Crippen molar-refractivity contribution in [3.63, 3.8) is 0 Å². The molecule has 0 saturated heterocycles. The fourth-order valence-corrected chi connectivity index (χ4v) is 2.44. The molecule has 128 valence electrons. The number of hydrogen-bond acceptors (Lipinski definition) is 6. The van der Waals surface area contributed by atoms with Crippen molar-refractivity contribution >= 4 is 11.6 Å². The zero-order valence-electron chi connectivity index (χ0n) is 13.6. The van der Waals surface area contributed by atoms with E-state index in [9.17, 15) is 14.5 Å². The minimum atomic E-state index is -0.513. The number of halogens is 1. The van der Waals surface area contributed by atoms with E-state index in [2.05, 4.69) is 20.3 Å². The van der Waals surface area contributed by atoms with Gasteiger partial charge in [0.1, 0.15) is 17.3 Å². The Bertz CT molecular complexity index is 940. The standard InChI is InChI=1S/C16H15FN6O2/c1-10-14(23(24)25)15(22-7-6-18-11(22)2)21-16(20-10)19-9-12-4-3-5-13(17)8-12/h3-8H,9H2,1-2H3,(H,19,20,21). The highest BCUT2D eigenvalue weighted by atomic mass is 19.1. The molecular formula is C16H15FN6O2. The Morgan fingerprint density at radius 2 is 2.12 bits per heavy atom. The number of nitrogens with one attached hydrogen (secondary N) is 1. The van der Waals surface area contributed by atoms with Gasteiger partial charge in [0.2, 0.25) is 11.8 Å². The highest BCUT2D eigenvalue weighted by Gasteiger charge is 2.24. The lowest BCUT2D eigenvalue weighted by Crippen LogP contribution is -2.11. The summed E-state index contributed by atoms with van der Waals surface area (Å²) in [5.41, 5.74) is 0.752. The summed E-state index contributed by atoms with van der Waals surface area (Å²) in [6.45, 7) is 3.56. The summed E-state index contributed by atoms with van der Waals surface area (Å²) in [5, 5.41) is 14.4. The number of nitro groups is 1. The van der Waals surface area contributed by atoms with Gasteiger partial charge in [0.15, 0.2) is 0 Å². The van der Waals surface area contributed by atoms with Crippen molar-refractivity contribution in [3.8, 4) is 5.82 Å². The van der Waals surface area contributed by atoms with Crippen molar-refractivity contribution in [2.45, 2.75) is 20.4 Å². The lowest BCUT2D eigenvalue weighted by molar-refractivity contribution is -0.385. The van der Waals surface area contributed by atoms with Crippen LogP contribution in [0.3, 0.4) is 0 Å². The Labute approximate surface area is 142 Å². The van der Waals surface area contributed by atoms with E-state index in [1.54, 1.807) is 32.2 Å². The molecule has 1 aromatic carbocycles. The normalized spacial score (nSPS) is 10.7. The van der Waals surface area contributed by atoms with Crippen LogP contribution in [0.25, 0.3) is 5.82 Å². The van der Waals surface area contributed by atoms with Gasteiger partial charge in [-0.3, -0.25) is 14.7 Å². The third-order valence-corrected chi connectivity index (χ3v) is 3.62. The molecule has 0 saturated carbocycles. The number of imidazole rings is 1. The molecule has 0 unspecified atom stereocenters. The summed E-state index contributed by atoms with van der Waals surface area (Å²) in [6, 6.07) is 6.12. The molecule has 0 fully saturated rings. The monoisotopic (exact) mass is 342 g/mol. The molecule has 0 aliphatic rings. The molecule has 0 aliphatic carbocycles. The lowest BCUT2D eigenvalue weighted by atomic mass is 10.2. The number of aryl methyl sites for hydroxylation is 2. The molecule has 0 amide bonds. The van der Waals surface area contributed by atoms with E-state index in [4.69, 9.17) is 0 Å². The molecule has 1 N–H and O–H groups in total. The van der Waals surface area contributed by atoms with Crippen LogP contribution in [0, 0.1) is 29.8 Å². The highest BCUT2D eigenvalue weighted by molar-refractivity contribution is 5.54. The molecular weight excluding hydrogens is 327 g/mol. The third-order valence-electron chi connectivity index (χ3n) is 3.62. The van der Waals surface area contributed by atoms with Crippen LogP contribution in [-0.4, -0.2) is 24.4 Å². The quantitative estimate of drug-likeness (QED) is 0.565. The van der Waals surface area contributed by atoms with Crippen LogP contribution in [0.4, 0.5) is 16.0 Å². The summed E-state index contributed by atoms with van der Waals surface area (Å²) < 4.78 is 14.8. The molecule has 0 bridgehead atoms. The predicted octanol–water partition coefficient (Wildman–Crippen LogP) is 2.94. The first-order chi connectivity index (χ1) is 12.0. The average molecular weight is 342 g/mol. The highest BCUT2D eigenvalue weighted by Crippen LogP contribution is 2.26. The van der Waals surface area contributed by atoms with Gasteiger partial charge in [-0.1, -0.05) is 12.1 Å². The van der Waals surface area contributed by atoms with Gasteiger partial charge in [-0.15, -0.1) is 0 Å². The number of anilines is 1. The molecule has 25 heavy (non-hydrogen) atoms. The number of aromatic nitrogens is 4. The fraction of sp³-hybridized carbons (Fsp3) is 0.188. The maximum Gasteiger partial charge on any atom is 0.333 e. The lowest BCUT2D eigenvalue weighted by Gasteiger charge is -2.10. The van der Waals surface area contributed by atoms with Crippen molar-refractivity contribution in [1.82, 2.24) is 19.5 Å². The maximum atomic E-state index is 13.2. The minimum Gasteiger partial charge on any atom is -0.350 e. The van der Waals surface area contributed by atoms with E-state index in [0.29, 0.717) is 11.4 Å². The second-order valence-corrected chi connectivity index (χ2v) is 5.39. The number of hydrogen-bond donors (Lipinski definition) is 1. The summed E-state index contributed by atoms with van der Waals surface area (Å²) in [5.74, 6) is 0.580. The van der Waals surface area contributed by atoms with Crippen molar-refractivity contribution in [3.05, 3.63) is 69.7 Å². The Morgan fingerprint density at radius 1 is 1.32 bits per heavy atom. The molecule has 8 nitrogen and oxygen atoms in total. The summed E-state index contributed by atoms with van der Waals surface area (Å²) in [6.07, 6.45) is 3.14. The van der Waals surface area contributed by atoms with Gasteiger partial charge in [0, 0.05) is 18.9 Å². The van der Waals surface area contributed by atoms with Crippen LogP contribution in [0.5, 0.6) is 0 Å². The van der Waals surface area contributed by atoms with E-state index in [1.807, 2.05) is 0 Å². The second kappa shape index (κ2) is 6.63. The van der Waals surface area contributed by atoms with Gasteiger partial charge in [-0.2, -0.15) is 4.98 Å². The molecule has 9 heteroatoms. The van der Waals surface area contributed by atoms with Gasteiger partial charge < -0.3 is 5.32 Å². The molecule has 2 aromatic heterocycles. The maximum absolute atomic E-state index is 13.2. The number of nitrogens with zero attached hydrogens (tertiary/aromatic N) is 5. The summed E-state index contributed by atoms with van der Waals surface area (Å²) in [4.78, 5) is 23.4.